The number of carbonyl (C=O) groups is 1. The lowest BCUT2D eigenvalue weighted by molar-refractivity contribution is -0.672. The molecule has 0 aromatic carbocycles. The second-order valence-corrected chi connectivity index (χ2v) is 6.71. The Hall–Kier alpha value is -0.870. The average Bonchev–Trinajstić information content (AvgIpc) is 2.70. The smallest absolute Gasteiger partial charge is 0.252 e. The molecular weight excluding hydrogens is 256 g/mol. The van der Waals surface area contributed by atoms with Crippen LogP contribution < -0.4 is 10.6 Å². The van der Waals surface area contributed by atoms with Crippen molar-refractivity contribution in [1.82, 2.24) is 5.32 Å². The van der Waals surface area contributed by atoms with Crippen LogP contribution in [0, 0.1) is 0 Å². The van der Waals surface area contributed by atoms with Crippen molar-refractivity contribution < 1.29 is 10.1 Å². The van der Waals surface area contributed by atoms with Crippen LogP contribution in [0.1, 0.15) is 59.3 Å². The molecule has 1 aliphatic heterocycles. The Morgan fingerprint density at radius 1 is 1.26 bits per heavy atom. The molecule has 3 N–H and O–H groups in total. The van der Waals surface area contributed by atoms with Crippen LogP contribution in [0.5, 0.6) is 0 Å². The molecule has 1 amide bonds. The van der Waals surface area contributed by atoms with Gasteiger partial charge in [0.2, 0.25) is 0 Å². The van der Waals surface area contributed by atoms with Gasteiger partial charge in [0, 0.05) is 17.8 Å². The van der Waals surface area contributed by atoms with Crippen molar-refractivity contribution in [2.24, 2.45) is 0 Å². The maximum absolute atomic E-state index is 12.4. The molecule has 1 aromatic heterocycles. The van der Waals surface area contributed by atoms with Crippen molar-refractivity contribution in [3.05, 3.63) is 21.4 Å². The van der Waals surface area contributed by atoms with Crippen LogP contribution >= 0.6 is 11.3 Å². The summed E-state index contributed by atoms with van der Waals surface area (Å²) in [5.41, 5.74) is 2.27. The number of nitrogens with one attached hydrogen (secondary N) is 1. The minimum Gasteiger partial charge on any atom is -0.349 e. The summed E-state index contributed by atoms with van der Waals surface area (Å²) in [6.45, 7) is 2.17. The van der Waals surface area contributed by atoms with Gasteiger partial charge in [0.15, 0.2) is 0 Å². The number of nitrogens with two attached hydrogens (primary N) is 1. The number of hydrogen-bond donors (Lipinski definition) is 2. The lowest BCUT2D eigenvalue weighted by Crippen LogP contribution is -2.84. The highest BCUT2D eigenvalue weighted by atomic mass is 32.1. The minimum absolute atomic E-state index is 0.172. The summed E-state index contributed by atoms with van der Waals surface area (Å²) in [5, 5.41) is 7.66. The number of amides is 1. The predicted octanol–water partition coefficient (Wildman–Crippen LogP) is 1.82. The highest BCUT2D eigenvalue weighted by Crippen LogP contribution is 2.25. The minimum atomic E-state index is 0.172. The third kappa shape index (κ3) is 3.00. The van der Waals surface area contributed by atoms with E-state index in [2.05, 4.69) is 16.0 Å². The maximum Gasteiger partial charge on any atom is 0.252 e. The molecule has 0 atom stereocenters. The van der Waals surface area contributed by atoms with E-state index in [0.29, 0.717) is 6.04 Å². The first-order valence-electron chi connectivity index (χ1n) is 7.56. The molecule has 0 saturated heterocycles. The fraction of sp³-hybridized carbons (Fsp3) is 0.667. The molecule has 1 aromatic rings. The largest absolute Gasteiger partial charge is 0.349 e. The van der Waals surface area contributed by atoms with Gasteiger partial charge in [-0.15, -0.1) is 11.3 Å². The first kappa shape index (κ1) is 13.1. The van der Waals surface area contributed by atoms with Gasteiger partial charge >= 0.3 is 0 Å². The highest BCUT2D eigenvalue weighted by molar-refractivity contribution is 7.10. The van der Waals surface area contributed by atoms with Crippen molar-refractivity contribution in [1.29, 1.82) is 0 Å². The van der Waals surface area contributed by atoms with Crippen LogP contribution in [-0.2, 0) is 13.0 Å². The Morgan fingerprint density at radius 2 is 2.05 bits per heavy atom. The number of carbonyl (C=O) groups excluding carboxylic acids is 1. The number of thiophene rings is 1. The van der Waals surface area contributed by atoms with E-state index in [4.69, 9.17) is 0 Å². The zero-order chi connectivity index (χ0) is 13.1. The maximum atomic E-state index is 12.4. The van der Waals surface area contributed by atoms with E-state index < -0.39 is 0 Å². The molecule has 0 bridgehead atoms. The third-order valence-corrected chi connectivity index (χ3v) is 5.40. The Labute approximate surface area is 118 Å². The molecule has 19 heavy (non-hydrogen) atoms. The van der Waals surface area contributed by atoms with Crippen molar-refractivity contribution in [2.45, 2.75) is 57.5 Å². The SMILES string of the molecule is O=C(NC1CCCCCC1)c1csc2c1CC[NH2+]C2. The van der Waals surface area contributed by atoms with E-state index in [9.17, 15) is 4.79 Å². The van der Waals surface area contributed by atoms with Gasteiger partial charge in [0.05, 0.1) is 17.0 Å². The van der Waals surface area contributed by atoms with Crippen molar-refractivity contribution in [3.8, 4) is 0 Å². The van der Waals surface area contributed by atoms with Crippen molar-refractivity contribution in [2.75, 3.05) is 6.54 Å². The Kier molecular flexibility index (Phi) is 4.18. The lowest BCUT2D eigenvalue weighted by atomic mass is 10.0. The van der Waals surface area contributed by atoms with E-state index in [1.54, 1.807) is 11.3 Å². The van der Waals surface area contributed by atoms with Crippen LogP contribution in [0.3, 0.4) is 0 Å². The van der Waals surface area contributed by atoms with E-state index in [1.165, 1.54) is 36.1 Å². The fourth-order valence-corrected chi connectivity index (χ4v) is 4.30. The molecule has 1 fully saturated rings. The Balaban J connectivity index is 1.68. The summed E-state index contributed by atoms with van der Waals surface area (Å²) in [6, 6.07) is 0.403. The van der Waals surface area contributed by atoms with Crippen molar-refractivity contribution in [3.63, 3.8) is 0 Å². The van der Waals surface area contributed by atoms with Gasteiger partial charge in [-0.3, -0.25) is 4.79 Å². The highest BCUT2D eigenvalue weighted by Gasteiger charge is 2.23. The zero-order valence-corrected chi connectivity index (χ0v) is 12.2. The van der Waals surface area contributed by atoms with E-state index in [0.717, 1.165) is 37.9 Å². The lowest BCUT2D eigenvalue weighted by Gasteiger charge is -2.17. The molecule has 104 valence electrons. The van der Waals surface area contributed by atoms with Gasteiger partial charge < -0.3 is 10.6 Å². The predicted molar refractivity (Wildman–Crippen MR) is 77.5 cm³/mol. The van der Waals surface area contributed by atoms with E-state index >= 15 is 0 Å². The molecule has 1 aliphatic carbocycles. The van der Waals surface area contributed by atoms with Gasteiger partial charge in [0.1, 0.15) is 6.54 Å². The second kappa shape index (κ2) is 6.06. The summed E-state index contributed by atoms with van der Waals surface area (Å²) in [5.74, 6) is 0.172. The number of rotatable bonds is 2. The van der Waals surface area contributed by atoms with E-state index in [-0.39, 0.29) is 5.91 Å². The van der Waals surface area contributed by atoms with Gasteiger partial charge in [-0.1, -0.05) is 25.7 Å². The summed E-state index contributed by atoms with van der Waals surface area (Å²) < 4.78 is 0. The Morgan fingerprint density at radius 3 is 2.84 bits per heavy atom. The molecule has 1 saturated carbocycles. The van der Waals surface area contributed by atoms with Crippen LogP contribution in [0.15, 0.2) is 5.38 Å². The Bertz CT molecular complexity index is 447. The average molecular weight is 279 g/mol. The van der Waals surface area contributed by atoms with Crippen LogP contribution in [0.4, 0.5) is 0 Å². The van der Waals surface area contributed by atoms with Crippen molar-refractivity contribution >= 4 is 17.2 Å². The summed E-state index contributed by atoms with van der Waals surface area (Å²) in [6.07, 6.45) is 8.55. The zero-order valence-electron chi connectivity index (χ0n) is 11.4. The van der Waals surface area contributed by atoms with Gasteiger partial charge in [0.25, 0.3) is 5.91 Å². The summed E-state index contributed by atoms with van der Waals surface area (Å²) in [4.78, 5) is 13.8. The van der Waals surface area contributed by atoms with Crippen LogP contribution in [0.25, 0.3) is 0 Å². The summed E-state index contributed by atoms with van der Waals surface area (Å²) >= 11 is 1.75. The van der Waals surface area contributed by atoms with Gasteiger partial charge in [-0.2, -0.15) is 0 Å². The van der Waals surface area contributed by atoms with E-state index in [1.807, 2.05) is 0 Å². The standard InChI is InChI=1S/C15H22N2OS/c18-15(17-11-5-3-1-2-4-6-11)13-10-19-14-9-16-8-7-12(13)14/h10-11,16H,1-9H2,(H,17,18)/p+1. The first-order valence-corrected chi connectivity index (χ1v) is 8.44. The number of fused-ring (bicyclic) bond motifs is 1. The molecule has 3 rings (SSSR count). The third-order valence-electron chi connectivity index (χ3n) is 4.34. The van der Waals surface area contributed by atoms with Crippen LogP contribution in [0.2, 0.25) is 0 Å². The molecule has 2 aliphatic rings. The fourth-order valence-electron chi connectivity index (χ4n) is 3.22. The monoisotopic (exact) mass is 279 g/mol. The molecule has 0 radical (unpaired) electrons. The topological polar surface area (TPSA) is 45.7 Å². The number of hydrogen-bond acceptors (Lipinski definition) is 2. The van der Waals surface area contributed by atoms with Crippen LogP contribution in [-0.4, -0.2) is 18.5 Å². The molecular formula is C15H23N2OS+. The molecule has 2 heterocycles. The molecule has 4 heteroatoms. The van der Waals surface area contributed by atoms with Gasteiger partial charge in [-0.25, -0.2) is 0 Å². The molecule has 0 spiro atoms. The summed E-state index contributed by atoms with van der Waals surface area (Å²) in [7, 11) is 0. The first-order chi connectivity index (χ1) is 9.34. The normalized spacial score (nSPS) is 20.6. The second-order valence-electron chi connectivity index (χ2n) is 5.74. The molecule has 0 unspecified atom stereocenters. The van der Waals surface area contributed by atoms with Gasteiger partial charge in [-0.05, 0) is 18.4 Å². The molecule has 3 nitrogen and oxygen atoms in total. The quantitative estimate of drug-likeness (QED) is 0.797. The number of quaternary nitrogens is 1.